The second-order valence-corrected chi connectivity index (χ2v) is 10.3. The molecule has 0 aliphatic carbocycles. The number of rotatable bonds is 7. The number of carbonyl (C=O) groups excluding carboxylic acids is 1. The molecule has 0 saturated carbocycles. The van der Waals surface area contributed by atoms with E-state index in [-0.39, 0.29) is 72.9 Å². The molecule has 0 aliphatic rings. The number of ether oxygens (including phenoxy) is 1. The van der Waals surface area contributed by atoms with E-state index in [1.807, 2.05) is 0 Å². The molecule has 0 bridgehead atoms. The van der Waals surface area contributed by atoms with Crippen molar-refractivity contribution in [2.24, 2.45) is 10.2 Å². The SMILES string of the molecule is CCc1cc(S(=O)(=O)O)cc(Cl)c1N=Nc1c([O-])c(C(=O)Nc2cccc(Cl)c2OC)cc2ccccc12.[Na+]. The minimum atomic E-state index is -4.49. The summed E-state index contributed by atoms with van der Waals surface area (Å²) in [5.74, 6) is -1.15. The van der Waals surface area contributed by atoms with Crippen LogP contribution in [0.4, 0.5) is 17.1 Å². The Balaban J connectivity index is 0.00000420. The Hall–Kier alpha value is -2.70. The van der Waals surface area contributed by atoms with Crippen molar-refractivity contribution >= 4 is 67.1 Å². The van der Waals surface area contributed by atoms with Crippen molar-refractivity contribution < 1.29 is 57.2 Å². The molecule has 0 radical (unpaired) electrons. The van der Waals surface area contributed by atoms with Gasteiger partial charge in [0.05, 0.1) is 33.4 Å². The van der Waals surface area contributed by atoms with Crippen LogP contribution in [-0.2, 0) is 16.5 Å². The predicted molar refractivity (Wildman–Crippen MR) is 144 cm³/mol. The van der Waals surface area contributed by atoms with Gasteiger partial charge in [0.2, 0.25) is 0 Å². The molecular formula is C26H20Cl2N3NaO6S. The second kappa shape index (κ2) is 12.6. The molecule has 0 saturated heterocycles. The predicted octanol–water partition coefficient (Wildman–Crippen LogP) is 3.71. The van der Waals surface area contributed by atoms with Gasteiger partial charge in [0, 0.05) is 10.9 Å². The van der Waals surface area contributed by atoms with Crippen LogP contribution >= 0.6 is 23.2 Å². The fourth-order valence-corrected chi connectivity index (χ4v) is 4.99. The Morgan fingerprint density at radius 3 is 2.38 bits per heavy atom. The van der Waals surface area contributed by atoms with Crippen LogP contribution in [-0.4, -0.2) is 26.0 Å². The van der Waals surface area contributed by atoms with Gasteiger partial charge < -0.3 is 15.2 Å². The van der Waals surface area contributed by atoms with Crippen molar-refractivity contribution in [1.29, 1.82) is 0 Å². The average molecular weight is 596 g/mol. The maximum atomic E-state index is 13.5. The molecule has 0 unspecified atom stereocenters. The van der Waals surface area contributed by atoms with E-state index >= 15 is 0 Å². The standard InChI is InChI=1S/C26H21Cl2N3O6S.Na/c1-3-14-11-16(38(34,35)36)13-20(28)22(14)30-31-23-17-8-5-4-7-15(17)12-18(24(23)32)26(33)29-21-10-6-9-19(27)25(21)37-2;/h4-13,32H,3H2,1-2H3,(H,29,33)(H,34,35,36);/q;+1/p-1. The third-order valence-corrected chi connectivity index (χ3v) is 7.10. The molecule has 196 valence electrons. The van der Waals surface area contributed by atoms with Crippen molar-refractivity contribution in [3.8, 4) is 11.5 Å². The number of carbonyl (C=O) groups is 1. The summed E-state index contributed by atoms with van der Waals surface area (Å²) in [5, 5.41) is 25.6. The Bertz CT molecular complexity index is 1710. The Morgan fingerprint density at radius 1 is 1.03 bits per heavy atom. The average Bonchev–Trinajstić information content (AvgIpc) is 2.87. The normalized spacial score (nSPS) is 11.4. The van der Waals surface area contributed by atoms with Crippen molar-refractivity contribution in [3.05, 3.63) is 81.8 Å². The number of nitrogens with zero attached hydrogens (tertiary/aromatic N) is 2. The van der Waals surface area contributed by atoms with Crippen molar-refractivity contribution in [2.75, 3.05) is 12.4 Å². The number of benzene rings is 4. The van der Waals surface area contributed by atoms with Crippen molar-refractivity contribution in [1.82, 2.24) is 0 Å². The first-order valence-electron chi connectivity index (χ1n) is 11.1. The summed E-state index contributed by atoms with van der Waals surface area (Å²) < 4.78 is 37.8. The van der Waals surface area contributed by atoms with Gasteiger partial charge in [-0.25, -0.2) is 0 Å². The molecule has 13 heteroatoms. The van der Waals surface area contributed by atoms with Crippen LogP contribution in [0.15, 0.2) is 75.8 Å². The Morgan fingerprint density at radius 2 is 1.72 bits per heavy atom. The Kier molecular flexibility index (Phi) is 10.0. The number of amides is 1. The van der Waals surface area contributed by atoms with Crippen molar-refractivity contribution in [2.45, 2.75) is 18.2 Å². The summed E-state index contributed by atoms with van der Waals surface area (Å²) >= 11 is 12.4. The van der Waals surface area contributed by atoms with Crippen LogP contribution in [0.1, 0.15) is 22.8 Å². The van der Waals surface area contributed by atoms with Crippen LogP contribution in [0.25, 0.3) is 10.8 Å². The molecule has 4 aromatic carbocycles. The summed E-state index contributed by atoms with van der Waals surface area (Å²) in [6.07, 6.45) is 0.312. The topological polar surface area (TPSA) is 140 Å². The van der Waals surface area contributed by atoms with Crippen LogP contribution in [0, 0.1) is 0 Å². The number of azo groups is 1. The molecule has 4 aromatic rings. The molecule has 0 fully saturated rings. The zero-order valence-electron chi connectivity index (χ0n) is 21.0. The number of fused-ring (bicyclic) bond motifs is 1. The first-order valence-corrected chi connectivity index (χ1v) is 13.3. The summed E-state index contributed by atoms with van der Waals surface area (Å²) in [4.78, 5) is 12.8. The zero-order valence-corrected chi connectivity index (χ0v) is 25.4. The molecule has 0 heterocycles. The van der Waals surface area contributed by atoms with E-state index in [4.69, 9.17) is 27.9 Å². The largest absolute Gasteiger partial charge is 1.00 e. The molecule has 0 atom stereocenters. The van der Waals surface area contributed by atoms with Gasteiger partial charge in [-0.1, -0.05) is 66.2 Å². The van der Waals surface area contributed by atoms with Gasteiger partial charge in [0.15, 0.2) is 5.75 Å². The Labute approximate surface area is 256 Å². The third-order valence-electron chi connectivity index (χ3n) is 5.68. The van der Waals surface area contributed by atoms with Crippen LogP contribution in [0.2, 0.25) is 10.0 Å². The molecule has 1 amide bonds. The first-order chi connectivity index (χ1) is 18.0. The number of methoxy groups -OCH3 is 1. The van der Waals surface area contributed by atoms with E-state index in [0.717, 1.165) is 6.07 Å². The van der Waals surface area contributed by atoms with Crippen LogP contribution < -0.4 is 44.7 Å². The van der Waals surface area contributed by atoms with Gasteiger partial charge in [-0.2, -0.15) is 13.5 Å². The van der Waals surface area contributed by atoms with E-state index in [1.54, 1.807) is 49.4 Å². The van der Waals surface area contributed by atoms with Gasteiger partial charge in [-0.3, -0.25) is 9.35 Å². The first kappa shape index (κ1) is 30.8. The number of hydrogen-bond donors (Lipinski definition) is 2. The number of anilines is 1. The van der Waals surface area contributed by atoms with Crippen LogP contribution in [0.5, 0.6) is 11.5 Å². The minimum Gasteiger partial charge on any atom is -0.870 e. The van der Waals surface area contributed by atoms with Crippen molar-refractivity contribution in [3.63, 3.8) is 0 Å². The number of aryl methyl sites for hydroxylation is 1. The molecule has 9 nitrogen and oxygen atoms in total. The summed E-state index contributed by atoms with van der Waals surface area (Å²) in [6, 6.07) is 15.4. The number of para-hydroxylation sites is 1. The van der Waals surface area contributed by atoms with Crippen LogP contribution in [0.3, 0.4) is 0 Å². The van der Waals surface area contributed by atoms with E-state index in [2.05, 4.69) is 15.5 Å². The second-order valence-electron chi connectivity index (χ2n) is 8.04. The fraction of sp³-hybridized carbons (Fsp3) is 0.115. The van der Waals surface area contributed by atoms with E-state index in [0.29, 0.717) is 22.8 Å². The maximum Gasteiger partial charge on any atom is 1.00 e. The smallest absolute Gasteiger partial charge is 0.870 e. The van der Waals surface area contributed by atoms with E-state index in [9.17, 15) is 22.9 Å². The molecule has 2 N–H and O–H groups in total. The quantitative estimate of drug-likeness (QED) is 0.189. The van der Waals surface area contributed by atoms with E-state index < -0.39 is 21.8 Å². The van der Waals surface area contributed by atoms with Gasteiger partial charge in [-0.15, -0.1) is 5.11 Å². The molecule has 0 aromatic heterocycles. The zero-order chi connectivity index (χ0) is 27.6. The maximum absolute atomic E-state index is 13.5. The number of halogens is 2. The number of hydrogen-bond acceptors (Lipinski definition) is 7. The minimum absolute atomic E-state index is 0. The molecule has 39 heavy (non-hydrogen) atoms. The molecular weight excluding hydrogens is 576 g/mol. The van der Waals surface area contributed by atoms with Gasteiger partial charge >= 0.3 is 29.6 Å². The summed E-state index contributed by atoms with van der Waals surface area (Å²) in [5.41, 5.74) is 0.488. The third kappa shape index (κ3) is 6.55. The van der Waals surface area contributed by atoms with Gasteiger partial charge in [0.25, 0.3) is 16.0 Å². The van der Waals surface area contributed by atoms with Gasteiger partial charge in [0.1, 0.15) is 5.69 Å². The van der Waals surface area contributed by atoms with Gasteiger partial charge in [-0.05, 0) is 47.7 Å². The number of nitrogens with one attached hydrogen (secondary N) is 1. The molecule has 4 rings (SSSR count). The molecule has 0 aliphatic heterocycles. The summed E-state index contributed by atoms with van der Waals surface area (Å²) in [6.45, 7) is 1.74. The fourth-order valence-electron chi connectivity index (χ4n) is 3.84. The van der Waals surface area contributed by atoms with E-state index in [1.165, 1.54) is 19.2 Å². The monoisotopic (exact) mass is 595 g/mol. The molecule has 0 spiro atoms. The summed E-state index contributed by atoms with van der Waals surface area (Å²) in [7, 11) is -3.09.